The van der Waals surface area contributed by atoms with E-state index < -0.39 is 0 Å². The summed E-state index contributed by atoms with van der Waals surface area (Å²) in [6.07, 6.45) is 4.64. The molecule has 1 N–H and O–H groups in total. The Morgan fingerprint density at radius 2 is 1.71 bits per heavy atom. The molecule has 1 unspecified atom stereocenters. The minimum Gasteiger partial charge on any atom is -0.310 e. The van der Waals surface area contributed by atoms with Gasteiger partial charge >= 0.3 is 0 Å². The van der Waals surface area contributed by atoms with Crippen molar-refractivity contribution < 1.29 is 0 Å². The van der Waals surface area contributed by atoms with Gasteiger partial charge in [0.25, 0.3) is 0 Å². The molecule has 0 saturated heterocycles. The predicted molar refractivity (Wildman–Crippen MR) is 91.9 cm³/mol. The first-order valence-electron chi connectivity index (χ1n) is 7.82. The zero-order valence-corrected chi connectivity index (χ0v) is 13.4. The van der Waals surface area contributed by atoms with Crippen molar-refractivity contribution in [2.75, 3.05) is 6.54 Å². The van der Waals surface area contributed by atoms with Crippen LogP contribution >= 0.6 is 11.6 Å². The van der Waals surface area contributed by atoms with Gasteiger partial charge in [0, 0.05) is 11.1 Å². The molecule has 0 aliphatic rings. The minimum absolute atomic E-state index is 0.433. The summed E-state index contributed by atoms with van der Waals surface area (Å²) in [7, 11) is 0. The predicted octanol–water partition coefficient (Wildman–Crippen LogP) is 5.40. The van der Waals surface area contributed by atoms with E-state index in [9.17, 15) is 0 Å². The van der Waals surface area contributed by atoms with E-state index in [2.05, 4.69) is 54.7 Å². The second kappa shape index (κ2) is 8.86. The standard InChI is InChI=1S/C19H24ClN/c1-2-7-19(17-11-13-18(20)14-12-17)21-15-6-10-16-8-4-3-5-9-16/h3-5,8-9,11-14,19,21H,2,6-7,10,15H2,1H3. The molecule has 0 spiro atoms. The van der Waals surface area contributed by atoms with Gasteiger partial charge in [-0.2, -0.15) is 0 Å². The fourth-order valence-corrected chi connectivity index (χ4v) is 2.71. The van der Waals surface area contributed by atoms with E-state index in [1.807, 2.05) is 12.1 Å². The third-order valence-corrected chi connectivity index (χ3v) is 3.98. The summed E-state index contributed by atoms with van der Waals surface area (Å²) < 4.78 is 0. The van der Waals surface area contributed by atoms with Gasteiger partial charge in [0.15, 0.2) is 0 Å². The first-order valence-corrected chi connectivity index (χ1v) is 8.20. The molecule has 2 aromatic rings. The van der Waals surface area contributed by atoms with E-state index >= 15 is 0 Å². The van der Waals surface area contributed by atoms with Crippen molar-refractivity contribution in [2.45, 2.75) is 38.6 Å². The summed E-state index contributed by atoms with van der Waals surface area (Å²) in [5.41, 5.74) is 2.75. The smallest absolute Gasteiger partial charge is 0.0406 e. The molecule has 0 saturated carbocycles. The Balaban J connectivity index is 1.81. The van der Waals surface area contributed by atoms with Crippen molar-refractivity contribution in [1.82, 2.24) is 5.32 Å². The molecule has 2 aromatic carbocycles. The lowest BCUT2D eigenvalue weighted by atomic mass is 10.0. The molecule has 112 valence electrons. The third-order valence-electron chi connectivity index (χ3n) is 3.73. The van der Waals surface area contributed by atoms with E-state index in [0.717, 1.165) is 30.8 Å². The van der Waals surface area contributed by atoms with Gasteiger partial charge in [-0.15, -0.1) is 0 Å². The molecule has 0 aliphatic heterocycles. The van der Waals surface area contributed by atoms with Crippen LogP contribution < -0.4 is 5.32 Å². The number of hydrogen-bond donors (Lipinski definition) is 1. The Bertz CT molecular complexity index is 507. The summed E-state index contributed by atoms with van der Waals surface area (Å²) in [4.78, 5) is 0. The van der Waals surface area contributed by atoms with E-state index in [1.165, 1.54) is 17.5 Å². The van der Waals surface area contributed by atoms with Gasteiger partial charge in [-0.3, -0.25) is 0 Å². The molecule has 0 radical (unpaired) electrons. The van der Waals surface area contributed by atoms with E-state index in [0.29, 0.717) is 6.04 Å². The fourth-order valence-electron chi connectivity index (χ4n) is 2.58. The summed E-state index contributed by atoms with van der Waals surface area (Å²) in [6.45, 7) is 3.27. The van der Waals surface area contributed by atoms with Crippen LogP contribution in [0.4, 0.5) is 0 Å². The van der Waals surface area contributed by atoms with Crippen LogP contribution in [0.2, 0.25) is 5.02 Å². The topological polar surface area (TPSA) is 12.0 Å². The third kappa shape index (κ3) is 5.53. The lowest BCUT2D eigenvalue weighted by molar-refractivity contribution is 0.488. The molecule has 0 bridgehead atoms. The van der Waals surface area contributed by atoms with E-state index in [-0.39, 0.29) is 0 Å². The highest BCUT2D eigenvalue weighted by molar-refractivity contribution is 6.30. The second-order valence-corrected chi connectivity index (χ2v) is 5.87. The molecule has 2 heteroatoms. The number of hydrogen-bond acceptors (Lipinski definition) is 1. The average molecular weight is 302 g/mol. The van der Waals surface area contributed by atoms with Crippen molar-refractivity contribution in [3.05, 3.63) is 70.7 Å². The molecule has 0 aromatic heterocycles. The highest BCUT2D eigenvalue weighted by Gasteiger charge is 2.09. The lowest BCUT2D eigenvalue weighted by Crippen LogP contribution is -2.22. The first-order chi connectivity index (χ1) is 10.3. The van der Waals surface area contributed by atoms with Crippen LogP contribution in [0.5, 0.6) is 0 Å². The molecule has 1 atom stereocenters. The maximum absolute atomic E-state index is 5.97. The van der Waals surface area contributed by atoms with Gasteiger partial charge in [0.2, 0.25) is 0 Å². The zero-order chi connectivity index (χ0) is 14.9. The SMILES string of the molecule is CCCC(NCCCc1ccccc1)c1ccc(Cl)cc1. The highest BCUT2D eigenvalue weighted by Crippen LogP contribution is 2.20. The minimum atomic E-state index is 0.433. The number of nitrogens with one attached hydrogen (secondary N) is 1. The molecule has 0 aliphatic carbocycles. The van der Waals surface area contributed by atoms with Gasteiger partial charge < -0.3 is 5.32 Å². The number of rotatable bonds is 8. The Morgan fingerprint density at radius 1 is 1.00 bits per heavy atom. The van der Waals surface area contributed by atoms with Crippen LogP contribution in [0.15, 0.2) is 54.6 Å². The quantitative estimate of drug-likeness (QED) is 0.643. The van der Waals surface area contributed by atoms with Crippen molar-refractivity contribution in [3.8, 4) is 0 Å². The summed E-state index contributed by atoms with van der Waals surface area (Å²) in [5, 5.41) is 4.49. The molecule has 0 amide bonds. The maximum atomic E-state index is 5.97. The number of benzene rings is 2. The molecule has 2 rings (SSSR count). The summed E-state index contributed by atoms with van der Waals surface area (Å²) in [5.74, 6) is 0. The van der Waals surface area contributed by atoms with Gasteiger partial charge in [-0.25, -0.2) is 0 Å². The molecule has 0 heterocycles. The Labute approximate surface area is 133 Å². The Hall–Kier alpha value is -1.31. The largest absolute Gasteiger partial charge is 0.310 e. The monoisotopic (exact) mass is 301 g/mol. The van der Waals surface area contributed by atoms with E-state index in [1.54, 1.807) is 0 Å². The number of halogens is 1. The summed E-state index contributed by atoms with van der Waals surface area (Å²) in [6, 6.07) is 19.3. The van der Waals surface area contributed by atoms with Crippen molar-refractivity contribution in [3.63, 3.8) is 0 Å². The number of aryl methyl sites for hydroxylation is 1. The average Bonchev–Trinajstić information content (AvgIpc) is 2.52. The Morgan fingerprint density at radius 3 is 2.38 bits per heavy atom. The van der Waals surface area contributed by atoms with Gasteiger partial charge in [-0.1, -0.05) is 67.4 Å². The zero-order valence-electron chi connectivity index (χ0n) is 12.7. The molecular formula is C19H24ClN. The van der Waals surface area contributed by atoms with Crippen LogP contribution in [0.3, 0.4) is 0 Å². The van der Waals surface area contributed by atoms with Crippen molar-refractivity contribution >= 4 is 11.6 Å². The lowest BCUT2D eigenvalue weighted by Gasteiger charge is -2.18. The van der Waals surface area contributed by atoms with Gasteiger partial charge in [0.1, 0.15) is 0 Å². The highest BCUT2D eigenvalue weighted by atomic mass is 35.5. The summed E-state index contributed by atoms with van der Waals surface area (Å²) >= 11 is 5.97. The van der Waals surface area contributed by atoms with Crippen LogP contribution in [-0.4, -0.2) is 6.54 Å². The molecule has 21 heavy (non-hydrogen) atoms. The first kappa shape index (κ1) is 16.1. The fraction of sp³-hybridized carbons (Fsp3) is 0.368. The normalized spacial score (nSPS) is 12.3. The molecule has 1 nitrogen and oxygen atoms in total. The molecule has 0 fully saturated rings. The van der Waals surface area contributed by atoms with Crippen LogP contribution in [-0.2, 0) is 6.42 Å². The van der Waals surface area contributed by atoms with E-state index in [4.69, 9.17) is 11.6 Å². The van der Waals surface area contributed by atoms with Crippen molar-refractivity contribution in [1.29, 1.82) is 0 Å². The Kier molecular flexibility index (Phi) is 6.78. The molecular weight excluding hydrogens is 278 g/mol. The van der Waals surface area contributed by atoms with Crippen molar-refractivity contribution in [2.24, 2.45) is 0 Å². The van der Waals surface area contributed by atoms with Crippen LogP contribution in [0.1, 0.15) is 43.4 Å². The maximum Gasteiger partial charge on any atom is 0.0406 e. The van der Waals surface area contributed by atoms with Gasteiger partial charge in [0.05, 0.1) is 0 Å². The van der Waals surface area contributed by atoms with Crippen LogP contribution in [0, 0.1) is 0 Å². The van der Waals surface area contributed by atoms with Gasteiger partial charge in [-0.05, 0) is 49.1 Å². The second-order valence-electron chi connectivity index (χ2n) is 5.44. The van der Waals surface area contributed by atoms with Crippen LogP contribution in [0.25, 0.3) is 0 Å².